The van der Waals surface area contributed by atoms with E-state index in [-0.39, 0.29) is 21.4 Å². The van der Waals surface area contributed by atoms with Gasteiger partial charge in [0.05, 0.1) is 4.92 Å². The lowest BCUT2D eigenvalue weighted by atomic mass is 10.1. The Kier molecular flexibility index (Phi) is 4.58. The van der Waals surface area contributed by atoms with Crippen LogP contribution in [-0.2, 0) is 10.0 Å². The highest BCUT2D eigenvalue weighted by molar-refractivity contribution is 7.93. The van der Waals surface area contributed by atoms with Crippen molar-refractivity contribution in [1.82, 2.24) is 4.98 Å². The van der Waals surface area contributed by atoms with Gasteiger partial charge in [-0.1, -0.05) is 11.6 Å². The van der Waals surface area contributed by atoms with Crippen LogP contribution in [0.5, 0.6) is 0 Å². The van der Waals surface area contributed by atoms with Crippen molar-refractivity contribution >= 4 is 33.0 Å². The molecule has 0 aliphatic rings. The van der Waals surface area contributed by atoms with E-state index in [9.17, 15) is 18.5 Å². The molecule has 0 saturated carbocycles. The van der Waals surface area contributed by atoms with Crippen molar-refractivity contribution in [3.63, 3.8) is 0 Å². The zero-order valence-electron chi connectivity index (χ0n) is 12.6. The fourth-order valence-corrected chi connectivity index (χ4v) is 3.65. The number of aryl methyl sites for hydroxylation is 2. The van der Waals surface area contributed by atoms with Crippen molar-refractivity contribution in [1.29, 1.82) is 0 Å². The zero-order chi connectivity index (χ0) is 17.4. The number of halogens is 1. The number of anilines is 1. The molecule has 1 aromatic heterocycles. The van der Waals surface area contributed by atoms with Gasteiger partial charge in [-0.2, -0.15) is 0 Å². The molecule has 1 aromatic carbocycles. The maximum Gasteiger partial charge on any atom is 0.293 e. The van der Waals surface area contributed by atoms with E-state index in [1.807, 2.05) is 0 Å². The van der Waals surface area contributed by atoms with Crippen LogP contribution in [0, 0.1) is 24.0 Å². The second-order valence-electron chi connectivity index (χ2n) is 4.95. The van der Waals surface area contributed by atoms with Gasteiger partial charge in [0.15, 0.2) is 0 Å². The number of nitro groups is 1. The minimum atomic E-state index is -4.07. The summed E-state index contributed by atoms with van der Waals surface area (Å²) in [6, 6.07) is 5.55. The van der Waals surface area contributed by atoms with Gasteiger partial charge < -0.3 is 0 Å². The van der Waals surface area contributed by atoms with Crippen molar-refractivity contribution < 1.29 is 13.3 Å². The predicted octanol–water partition coefficient (Wildman–Crippen LogP) is 3.09. The quantitative estimate of drug-likeness (QED) is 0.477. The maximum atomic E-state index is 12.7. The number of rotatable bonds is 4. The molecule has 0 unspecified atom stereocenters. The smallest absolute Gasteiger partial charge is 0.262 e. The van der Waals surface area contributed by atoms with Gasteiger partial charge in [0.1, 0.15) is 15.7 Å². The van der Waals surface area contributed by atoms with Gasteiger partial charge in [-0.05, 0) is 43.2 Å². The van der Waals surface area contributed by atoms with Crippen LogP contribution >= 0.6 is 11.6 Å². The summed E-state index contributed by atoms with van der Waals surface area (Å²) < 4.78 is 26.3. The number of hydrogen-bond acceptors (Lipinski definition) is 5. The lowest BCUT2D eigenvalue weighted by Crippen LogP contribution is -2.27. The highest BCUT2D eigenvalue weighted by Gasteiger charge is 2.29. The van der Waals surface area contributed by atoms with Crippen LogP contribution < -0.4 is 4.31 Å². The first-order valence-electron chi connectivity index (χ1n) is 6.51. The number of hydrogen-bond donors (Lipinski definition) is 0. The molecule has 2 rings (SSSR count). The van der Waals surface area contributed by atoms with E-state index in [4.69, 9.17) is 11.6 Å². The van der Waals surface area contributed by atoms with Gasteiger partial charge in [-0.15, -0.1) is 0 Å². The van der Waals surface area contributed by atoms with E-state index in [1.165, 1.54) is 37.5 Å². The Morgan fingerprint density at radius 2 is 1.87 bits per heavy atom. The first kappa shape index (κ1) is 17.2. The van der Waals surface area contributed by atoms with E-state index in [1.54, 1.807) is 13.8 Å². The first-order chi connectivity index (χ1) is 10.7. The fraction of sp³-hybridized carbons (Fsp3) is 0.214. The number of nitro benzene ring substituents is 1. The largest absolute Gasteiger partial charge is 0.293 e. The Morgan fingerprint density at radius 1 is 1.26 bits per heavy atom. The Balaban J connectivity index is 2.65. The monoisotopic (exact) mass is 355 g/mol. The van der Waals surface area contributed by atoms with Gasteiger partial charge in [-0.25, -0.2) is 13.4 Å². The summed E-state index contributed by atoms with van der Waals surface area (Å²) in [6.07, 6.45) is 1.36. The van der Waals surface area contributed by atoms with Crippen LogP contribution in [0.25, 0.3) is 0 Å². The van der Waals surface area contributed by atoms with E-state index in [2.05, 4.69) is 4.98 Å². The minimum absolute atomic E-state index is 0.0296. The molecule has 0 spiro atoms. The summed E-state index contributed by atoms with van der Waals surface area (Å²) >= 11 is 5.85. The van der Waals surface area contributed by atoms with Crippen LogP contribution in [0.4, 0.5) is 11.4 Å². The standard InChI is InChI=1S/C14H14ClN3O4S/c1-9-7-11(12(18(19)20)8-10(9)2)17(3)23(21,22)13-5-4-6-16-14(13)15/h4-8H,1-3H3. The molecule has 0 amide bonds. The molecule has 0 radical (unpaired) electrons. The Morgan fingerprint density at radius 3 is 2.43 bits per heavy atom. The minimum Gasteiger partial charge on any atom is -0.262 e. The second-order valence-corrected chi connectivity index (χ2v) is 7.24. The molecule has 0 fully saturated rings. The SMILES string of the molecule is Cc1cc(N(C)S(=O)(=O)c2cccnc2Cl)c([N+](=O)[O-])cc1C. The summed E-state index contributed by atoms with van der Waals surface area (Å²) in [4.78, 5) is 14.2. The van der Waals surface area contributed by atoms with Crippen LogP contribution in [0.15, 0.2) is 35.4 Å². The highest BCUT2D eigenvalue weighted by atomic mass is 35.5. The Bertz CT molecular complexity index is 884. The van der Waals surface area contributed by atoms with Crippen molar-refractivity contribution in [2.45, 2.75) is 18.7 Å². The molecule has 122 valence electrons. The van der Waals surface area contributed by atoms with Crippen LogP contribution in [0.2, 0.25) is 5.15 Å². The molecule has 0 bridgehead atoms. The molecule has 0 saturated heterocycles. The third-order valence-corrected chi connectivity index (χ3v) is 5.71. The molecular weight excluding hydrogens is 342 g/mol. The van der Waals surface area contributed by atoms with E-state index in [0.717, 1.165) is 9.87 Å². The first-order valence-corrected chi connectivity index (χ1v) is 8.33. The average molecular weight is 356 g/mol. The van der Waals surface area contributed by atoms with Crippen molar-refractivity contribution in [2.24, 2.45) is 0 Å². The topological polar surface area (TPSA) is 93.4 Å². The molecule has 7 nitrogen and oxygen atoms in total. The summed E-state index contributed by atoms with van der Waals surface area (Å²) in [5.74, 6) is 0. The molecular formula is C14H14ClN3O4S. The van der Waals surface area contributed by atoms with Gasteiger partial charge in [0.2, 0.25) is 0 Å². The Hall–Kier alpha value is -2.19. The molecule has 2 aromatic rings. The van der Waals surface area contributed by atoms with Gasteiger partial charge in [0.25, 0.3) is 15.7 Å². The average Bonchev–Trinajstić information content (AvgIpc) is 2.48. The number of nitrogens with zero attached hydrogens (tertiary/aromatic N) is 3. The number of sulfonamides is 1. The molecule has 0 aliphatic heterocycles. The molecule has 23 heavy (non-hydrogen) atoms. The van der Waals surface area contributed by atoms with Gasteiger partial charge in [0, 0.05) is 19.3 Å². The summed E-state index contributed by atoms with van der Waals surface area (Å²) in [6.45, 7) is 3.47. The summed E-state index contributed by atoms with van der Waals surface area (Å²) in [5.41, 5.74) is 1.12. The van der Waals surface area contributed by atoms with Crippen LogP contribution in [0.3, 0.4) is 0 Å². The summed E-state index contributed by atoms with van der Waals surface area (Å²) in [5, 5.41) is 11.1. The molecule has 0 aliphatic carbocycles. The second kappa shape index (κ2) is 6.13. The Labute approximate surface area is 138 Å². The van der Waals surface area contributed by atoms with E-state index in [0.29, 0.717) is 5.56 Å². The third-order valence-electron chi connectivity index (χ3n) is 3.49. The van der Waals surface area contributed by atoms with Crippen LogP contribution in [0.1, 0.15) is 11.1 Å². The molecule has 1 heterocycles. The lowest BCUT2D eigenvalue weighted by molar-refractivity contribution is -0.384. The normalized spacial score (nSPS) is 11.3. The number of pyridine rings is 1. The van der Waals surface area contributed by atoms with Crippen molar-refractivity contribution in [3.8, 4) is 0 Å². The maximum absolute atomic E-state index is 12.7. The number of benzene rings is 1. The van der Waals surface area contributed by atoms with Crippen LogP contribution in [-0.4, -0.2) is 25.4 Å². The molecule has 0 atom stereocenters. The van der Waals surface area contributed by atoms with Gasteiger partial charge in [-0.3, -0.25) is 14.4 Å². The third kappa shape index (κ3) is 3.13. The highest BCUT2D eigenvalue weighted by Crippen LogP contribution is 2.34. The van der Waals surface area contributed by atoms with Crippen molar-refractivity contribution in [2.75, 3.05) is 11.4 Å². The number of aromatic nitrogens is 1. The van der Waals surface area contributed by atoms with E-state index < -0.39 is 14.9 Å². The predicted molar refractivity (Wildman–Crippen MR) is 87.4 cm³/mol. The summed E-state index contributed by atoms with van der Waals surface area (Å²) in [7, 11) is -2.83. The van der Waals surface area contributed by atoms with Gasteiger partial charge >= 0.3 is 0 Å². The molecule has 0 N–H and O–H groups in total. The molecule has 9 heteroatoms. The fourth-order valence-electron chi connectivity index (χ4n) is 2.02. The van der Waals surface area contributed by atoms with E-state index >= 15 is 0 Å². The van der Waals surface area contributed by atoms with Crippen molar-refractivity contribution in [3.05, 3.63) is 56.9 Å². The lowest BCUT2D eigenvalue weighted by Gasteiger charge is -2.20. The zero-order valence-corrected chi connectivity index (χ0v) is 14.2.